The van der Waals surface area contributed by atoms with E-state index >= 15 is 0 Å². The predicted molar refractivity (Wildman–Crippen MR) is 95.1 cm³/mol. The Morgan fingerprint density at radius 2 is 1.72 bits per heavy atom. The van der Waals surface area contributed by atoms with Gasteiger partial charge in [-0.2, -0.15) is 4.40 Å². The molecule has 5 rings (SSSR count). The molecule has 0 fully saturated rings. The molecule has 2 heterocycles. The molecule has 2 aromatic heterocycles. The highest BCUT2D eigenvalue weighted by Crippen LogP contribution is 2.29. The van der Waals surface area contributed by atoms with Gasteiger partial charge in [-0.05, 0) is 29.7 Å². The number of aromatic nitrogens is 2. The van der Waals surface area contributed by atoms with E-state index in [1.807, 2.05) is 43.4 Å². The minimum absolute atomic E-state index is 0. The van der Waals surface area contributed by atoms with Crippen LogP contribution in [0.2, 0.25) is 0 Å². The highest BCUT2D eigenvalue weighted by Gasteiger charge is 2.24. The van der Waals surface area contributed by atoms with Gasteiger partial charge in [0.05, 0.1) is 24.9 Å². The van der Waals surface area contributed by atoms with Crippen molar-refractivity contribution in [1.82, 2.24) is 4.40 Å². The largest absolute Gasteiger partial charge is 1.00 e. The molecule has 0 radical (unpaired) electrons. The number of benzene rings is 3. The number of nitrogens with zero attached hydrogens (tertiary/aromatic N) is 2. The van der Waals surface area contributed by atoms with Gasteiger partial charge in [0, 0.05) is 11.5 Å². The molecule has 0 aliphatic rings. The fourth-order valence-electron chi connectivity index (χ4n) is 3.80. The summed E-state index contributed by atoms with van der Waals surface area (Å²) in [6.45, 7) is 0. The maximum atomic E-state index is 13.2. The molecule has 124 valence electrons. The maximum Gasteiger partial charge on any atom is 0.347 e. The molecule has 4 nitrogen and oxygen atoms in total. The Morgan fingerprint density at radius 1 is 1.00 bits per heavy atom. The molecular weight excluding hydrogens is 336 g/mol. The second-order valence-corrected chi connectivity index (χ2v) is 6.09. The Labute approximate surface area is 149 Å². The fraction of sp³-hybridized carbons (Fsp3) is 0.100. The number of ether oxygens (including phenoxy) is 1. The van der Waals surface area contributed by atoms with Crippen LogP contribution in [-0.2, 0) is 7.05 Å². The molecule has 0 saturated carbocycles. The van der Waals surface area contributed by atoms with Crippen molar-refractivity contribution in [3.63, 3.8) is 0 Å². The van der Waals surface area contributed by atoms with Crippen molar-refractivity contribution in [2.75, 3.05) is 7.11 Å². The third kappa shape index (κ3) is 1.88. The summed E-state index contributed by atoms with van der Waals surface area (Å²) in [5.41, 5.74) is 2.79. The van der Waals surface area contributed by atoms with E-state index in [9.17, 15) is 4.79 Å². The molecule has 0 spiro atoms. The summed E-state index contributed by atoms with van der Waals surface area (Å²) in [6.07, 6.45) is 0. The molecule has 0 amide bonds. The van der Waals surface area contributed by atoms with Crippen LogP contribution < -0.4 is 27.3 Å². The normalized spacial score (nSPS) is 11.4. The van der Waals surface area contributed by atoms with Crippen molar-refractivity contribution in [2.45, 2.75) is 0 Å². The summed E-state index contributed by atoms with van der Waals surface area (Å²) in [4.78, 5) is 13.2. The highest BCUT2D eigenvalue weighted by atomic mass is 35.5. The van der Waals surface area contributed by atoms with Crippen LogP contribution in [0.15, 0.2) is 59.4 Å². The van der Waals surface area contributed by atoms with Crippen LogP contribution in [0.3, 0.4) is 0 Å². The van der Waals surface area contributed by atoms with Crippen molar-refractivity contribution in [2.24, 2.45) is 7.05 Å². The second-order valence-electron chi connectivity index (χ2n) is 6.09. The first-order valence-electron chi connectivity index (χ1n) is 7.86. The van der Waals surface area contributed by atoms with E-state index in [4.69, 9.17) is 4.74 Å². The lowest BCUT2D eigenvalue weighted by Gasteiger charge is -2.03. The lowest BCUT2D eigenvalue weighted by molar-refractivity contribution is -0.617. The van der Waals surface area contributed by atoms with E-state index in [0.717, 1.165) is 44.0 Å². The minimum Gasteiger partial charge on any atom is -1.00 e. The monoisotopic (exact) mass is 350 g/mol. The van der Waals surface area contributed by atoms with E-state index in [1.54, 1.807) is 11.5 Å². The van der Waals surface area contributed by atoms with Gasteiger partial charge in [0.2, 0.25) is 0 Å². The smallest absolute Gasteiger partial charge is 0.347 e. The van der Waals surface area contributed by atoms with Crippen molar-refractivity contribution in [1.29, 1.82) is 0 Å². The van der Waals surface area contributed by atoms with Gasteiger partial charge in [0.25, 0.3) is 5.65 Å². The fourth-order valence-corrected chi connectivity index (χ4v) is 3.80. The molecule has 0 bridgehead atoms. The van der Waals surface area contributed by atoms with E-state index in [2.05, 4.69) is 22.8 Å². The van der Waals surface area contributed by atoms with Crippen LogP contribution in [0.1, 0.15) is 0 Å². The van der Waals surface area contributed by atoms with Crippen molar-refractivity contribution in [3.05, 3.63) is 65.0 Å². The van der Waals surface area contributed by atoms with Crippen LogP contribution >= 0.6 is 0 Å². The Hall–Kier alpha value is -2.85. The predicted octanol–water partition coefficient (Wildman–Crippen LogP) is 0.0340. The average molecular weight is 351 g/mol. The number of rotatable bonds is 1. The van der Waals surface area contributed by atoms with E-state index in [0.29, 0.717) is 0 Å². The maximum absolute atomic E-state index is 13.2. The number of pyridine rings is 1. The zero-order chi connectivity index (χ0) is 16.4. The summed E-state index contributed by atoms with van der Waals surface area (Å²) in [5.74, 6) is 0.744. The molecule has 0 saturated heterocycles. The zero-order valence-corrected chi connectivity index (χ0v) is 14.5. The second kappa shape index (κ2) is 5.33. The van der Waals surface area contributed by atoms with Gasteiger partial charge >= 0.3 is 5.56 Å². The summed E-state index contributed by atoms with van der Waals surface area (Å²) < 4.78 is 9.23. The molecule has 0 atom stereocenters. The first-order chi connectivity index (χ1) is 11.7. The summed E-state index contributed by atoms with van der Waals surface area (Å²) in [7, 11) is 3.64. The molecule has 5 aromatic rings. The molecule has 0 unspecified atom stereocenters. The molecular formula is C20H15ClN2O2. The number of imidazole rings is 1. The van der Waals surface area contributed by atoms with Gasteiger partial charge in [-0.3, -0.25) is 0 Å². The minimum atomic E-state index is 0. The highest BCUT2D eigenvalue weighted by molar-refractivity contribution is 6.14. The number of halogens is 1. The molecule has 0 N–H and O–H groups in total. The molecule has 0 aliphatic carbocycles. The van der Waals surface area contributed by atoms with Gasteiger partial charge in [-0.25, -0.2) is 9.36 Å². The lowest BCUT2D eigenvalue weighted by Crippen LogP contribution is -3.00. The topological polar surface area (TPSA) is 34.6 Å². The third-order valence-electron chi connectivity index (χ3n) is 4.89. The third-order valence-corrected chi connectivity index (χ3v) is 4.89. The SMILES string of the molecule is COc1ccc2c(c1)n1c(=O)c3cccc4cccc(c43)c1[n+]2C.[Cl-]. The molecule has 3 aromatic carbocycles. The standard InChI is InChI=1S/C20H15N2O2.ClH/c1-21-16-10-9-13(24-2)11-17(16)22-19(21)14-7-3-5-12-6-4-8-15(18(12)14)20(22)23;/h3-11H,1-2H3;1H/q+1;/p-1. The molecule has 5 heteroatoms. The Balaban J connectivity index is 0.00000157. The Morgan fingerprint density at radius 3 is 2.44 bits per heavy atom. The summed E-state index contributed by atoms with van der Waals surface area (Å²) in [5, 5.41) is 3.95. The van der Waals surface area contributed by atoms with Gasteiger partial charge in [-0.1, -0.05) is 24.3 Å². The number of hydrogen-bond donors (Lipinski definition) is 0. The van der Waals surface area contributed by atoms with Crippen molar-refractivity contribution < 1.29 is 21.7 Å². The average Bonchev–Trinajstić information content (AvgIpc) is 2.92. The van der Waals surface area contributed by atoms with Crippen LogP contribution in [0.25, 0.3) is 38.2 Å². The van der Waals surface area contributed by atoms with Crippen LogP contribution in [0.5, 0.6) is 5.75 Å². The zero-order valence-electron chi connectivity index (χ0n) is 13.8. The van der Waals surface area contributed by atoms with Gasteiger partial charge in [0.15, 0.2) is 11.0 Å². The first-order valence-corrected chi connectivity index (χ1v) is 7.86. The molecule has 0 aliphatic heterocycles. The van der Waals surface area contributed by atoms with Gasteiger partial charge in [0.1, 0.15) is 5.75 Å². The van der Waals surface area contributed by atoms with Gasteiger partial charge in [-0.15, -0.1) is 0 Å². The Kier molecular flexibility index (Phi) is 3.34. The van der Waals surface area contributed by atoms with E-state index in [-0.39, 0.29) is 18.0 Å². The number of aryl methyl sites for hydroxylation is 1. The van der Waals surface area contributed by atoms with Crippen molar-refractivity contribution >= 4 is 38.2 Å². The van der Waals surface area contributed by atoms with Crippen molar-refractivity contribution in [3.8, 4) is 5.75 Å². The van der Waals surface area contributed by atoms with Crippen LogP contribution in [-0.4, -0.2) is 11.5 Å². The number of fused-ring (bicyclic) bond motifs is 4. The Bertz CT molecular complexity index is 1320. The summed E-state index contributed by atoms with van der Waals surface area (Å²) >= 11 is 0. The summed E-state index contributed by atoms with van der Waals surface area (Å²) in [6, 6.07) is 17.9. The quantitative estimate of drug-likeness (QED) is 0.400. The van der Waals surface area contributed by atoms with E-state index < -0.39 is 0 Å². The van der Waals surface area contributed by atoms with E-state index in [1.165, 1.54) is 0 Å². The van der Waals surface area contributed by atoms with Crippen LogP contribution in [0, 0.1) is 0 Å². The van der Waals surface area contributed by atoms with Crippen LogP contribution in [0.4, 0.5) is 0 Å². The lowest BCUT2D eigenvalue weighted by atomic mass is 10.0. The number of hydrogen-bond acceptors (Lipinski definition) is 2. The first kappa shape index (κ1) is 15.7. The molecule has 25 heavy (non-hydrogen) atoms. The van der Waals surface area contributed by atoms with Gasteiger partial charge < -0.3 is 17.1 Å². The number of methoxy groups -OCH3 is 1.